The van der Waals surface area contributed by atoms with Crippen LogP contribution >= 0.6 is 15.9 Å². The molecule has 120 valence electrons. The monoisotopic (exact) mass is 376 g/mol. The van der Waals surface area contributed by atoms with Gasteiger partial charge in [-0.2, -0.15) is 0 Å². The number of hydrogen-bond donors (Lipinski definition) is 0. The number of rotatable bonds is 5. The number of hydrogen-bond acceptors (Lipinski definition) is 4. The molecule has 0 saturated heterocycles. The van der Waals surface area contributed by atoms with Crippen LogP contribution in [-0.2, 0) is 4.74 Å². The van der Waals surface area contributed by atoms with Crippen LogP contribution in [0.1, 0.15) is 34.6 Å². The fourth-order valence-corrected chi connectivity index (χ4v) is 2.03. The van der Waals surface area contributed by atoms with E-state index in [1.54, 1.807) is 42.5 Å². The third-order valence-corrected chi connectivity index (χ3v) is 3.43. The molecule has 0 aliphatic heterocycles. The van der Waals surface area contributed by atoms with Crippen LogP contribution in [0.4, 0.5) is 0 Å². The van der Waals surface area contributed by atoms with Crippen molar-refractivity contribution in [3.05, 3.63) is 64.1 Å². The Balaban J connectivity index is 2.07. The largest absolute Gasteiger partial charge is 0.462 e. The SMILES string of the molecule is CC(C)COC(=O)c1cccc(C(=O)Oc2ccc(Br)cc2)c1. The lowest BCUT2D eigenvalue weighted by Gasteiger charge is -2.08. The highest BCUT2D eigenvalue weighted by atomic mass is 79.9. The molecule has 0 heterocycles. The topological polar surface area (TPSA) is 52.6 Å². The molecule has 23 heavy (non-hydrogen) atoms. The second kappa shape index (κ2) is 7.92. The van der Waals surface area contributed by atoms with E-state index in [1.165, 1.54) is 6.07 Å². The van der Waals surface area contributed by atoms with Gasteiger partial charge >= 0.3 is 11.9 Å². The van der Waals surface area contributed by atoms with E-state index in [2.05, 4.69) is 15.9 Å². The van der Waals surface area contributed by atoms with E-state index in [0.717, 1.165) is 4.47 Å². The molecule has 0 aliphatic rings. The Kier molecular flexibility index (Phi) is 5.93. The lowest BCUT2D eigenvalue weighted by atomic mass is 10.1. The van der Waals surface area contributed by atoms with E-state index < -0.39 is 11.9 Å². The molecule has 2 aromatic carbocycles. The second-order valence-electron chi connectivity index (χ2n) is 5.42. The van der Waals surface area contributed by atoms with Crippen LogP contribution in [0.3, 0.4) is 0 Å². The van der Waals surface area contributed by atoms with E-state index in [-0.39, 0.29) is 5.92 Å². The van der Waals surface area contributed by atoms with Crippen LogP contribution in [-0.4, -0.2) is 18.5 Å². The van der Waals surface area contributed by atoms with Crippen molar-refractivity contribution in [3.63, 3.8) is 0 Å². The van der Waals surface area contributed by atoms with Crippen molar-refractivity contribution in [1.29, 1.82) is 0 Å². The number of esters is 2. The highest BCUT2D eigenvalue weighted by molar-refractivity contribution is 9.10. The average Bonchev–Trinajstić information content (AvgIpc) is 2.54. The van der Waals surface area contributed by atoms with Crippen molar-refractivity contribution in [2.45, 2.75) is 13.8 Å². The molecule has 0 saturated carbocycles. The maximum absolute atomic E-state index is 12.2. The van der Waals surface area contributed by atoms with Gasteiger partial charge in [0.05, 0.1) is 17.7 Å². The van der Waals surface area contributed by atoms with Gasteiger partial charge in [0.1, 0.15) is 5.75 Å². The molecule has 0 fully saturated rings. The Morgan fingerprint density at radius 3 is 2.22 bits per heavy atom. The summed E-state index contributed by atoms with van der Waals surface area (Å²) in [6, 6.07) is 13.2. The first-order valence-corrected chi connectivity index (χ1v) is 8.00. The first-order valence-electron chi connectivity index (χ1n) is 7.20. The fourth-order valence-electron chi connectivity index (χ4n) is 1.77. The number of carbonyl (C=O) groups is 2. The van der Waals surface area contributed by atoms with E-state index in [4.69, 9.17) is 9.47 Å². The summed E-state index contributed by atoms with van der Waals surface area (Å²) < 4.78 is 11.3. The predicted octanol–water partition coefficient (Wildman–Crippen LogP) is 4.48. The van der Waals surface area contributed by atoms with Gasteiger partial charge in [-0.05, 0) is 48.4 Å². The first-order chi connectivity index (χ1) is 11.0. The zero-order chi connectivity index (χ0) is 16.8. The van der Waals surface area contributed by atoms with Crippen molar-refractivity contribution >= 4 is 27.9 Å². The summed E-state index contributed by atoms with van der Waals surface area (Å²) in [5, 5.41) is 0. The second-order valence-corrected chi connectivity index (χ2v) is 6.33. The highest BCUT2D eigenvalue weighted by Gasteiger charge is 2.13. The van der Waals surface area contributed by atoms with Crippen LogP contribution in [0.25, 0.3) is 0 Å². The molecule has 0 atom stereocenters. The standard InChI is InChI=1S/C18H17BrO4/c1-12(2)11-22-17(20)13-4-3-5-14(10-13)18(21)23-16-8-6-15(19)7-9-16/h3-10,12H,11H2,1-2H3. The van der Waals surface area contributed by atoms with Gasteiger partial charge in [-0.3, -0.25) is 0 Å². The summed E-state index contributed by atoms with van der Waals surface area (Å²) in [7, 11) is 0. The molecule has 0 aromatic heterocycles. The Bertz CT molecular complexity index is 692. The summed E-state index contributed by atoms with van der Waals surface area (Å²) in [6.45, 7) is 4.25. The maximum atomic E-state index is 12.2. The van der Waals surface area contributed by atoms with Crippen molar-refractivity contribution in [2.24, 2.45) is 5.92 Å². The smallest absolute Gasteiger partial charge is 0.343 e. The summed E-state index contributed by atoms with van der Waals surface area (Å²) in [6.07, 6.45) is 0. The van der Waals surface area contributed by atoms with Crippen LogP contribution in [0.5, 0.6) is 5.75 Å². The summed E-state index contributed by atoms with van der Waals surface area (Å²) in [5.41, 5.74) is 0.628. The van der Waals surface area contributed by atoms with Crippen molar-refractivity contribution < 1.29 is 19.1 Å². The number of benzene rings is 2. The summed E-state index contributed by atoms with van der Waals surface area (Å²) >= 11 is 3.31. The highest BCUT2D eigenvalue weighted by Crippen LogP contribution is 2.18. The summed E-state index contributed by atoms with van der Waals surface area (Å²) in [5.74, 6) is -0.279. The van der Waals surface area contributed by atoms with Gasteiger partial charge in [0.25, 0.3) is 0 Å². The normalized spacial score (nSPS) is 10.4. The minimum Gasteiger partial charge on any atom is -0.462 e. The van der Waals surface area contributed by atoms with Crippen LogP contribution in [0.2, 0.25) is 0 Å². The van der Waals surface area contributed by atoms with Gasteiger partial charge < -0.3 is 9.47 Å². The molecule has 0 unspecified atom stereocenters. The third-order valence-electron chi connectivity index (χ3n) is 2.91. The third kappa shape index (κ3) is 5.21. The number of carbonyl (C=O) groups excluding carboxylic acids is 2. The molecular weight excluding hydrogens is 360 g/mol. The average molecular weight is 377 g/mol. The van der Waals surface area contributed by atoms with Gasteiger partial charge in [0, 0.05) is 4.47 Å². The van der Waals surface area contributed by atoms with Gasteiger partial charge in [-0.15, -0.1) is 0 Å². The van der Waals surface area contributed by atoms with Crippen molar-refractivity contribution in [2.75, 3.05) is 6.61 Å². The number of halogens is 1. The minimum absolute atomic E-state index is 0.254. The van der Waals surface area contributed by atoms with Crippen LogP contribution < -0.4 is 4.74 Å². The molecule has 4 nitrogen and oxygen atoms in total. The zero-order valence-corrected chi connectivity index (χ0v) is 14.5. The lowest BCUT2D eigenvalue weighted by molar-refractivity contribution is 0.0459. The molecule has 2 aromatic rings. The maximum Gasteiger partial charge on any atom is 0.343 e. The van der Waals surface area contributed by atoms with E-state index >= 15 is 0 Å². The molecule has 0 spiro atoms. The Labute approximate surface area is 143 Å². The van der Waals surface area contributed by atoms with Gasteiger partial charge in [-0.1, -0.05) is 35.8 Å². The minimum atomic E-state index is -0.522. The fraction of sp³-hybridized carbons (Fsp3) is 0.222. The van der Waals surface area contributed by atoms with Crippen LogP contribution in [0.15, 0.2) is 53.0 Å². The van der Waals surface area contributed by atoms with Crippen molar-refractivity contribution in [1.82, 2.24) is 0 Å². The predicted molar refractivity (Wildman–Crippen MR) is 90.7 cm³/mol. The quantitative estimate of drug-likeness (QED) is 0.570. The number of ether oxygens (including phenoxy) is 2. The molecule has 0 N–H and O–H groups in total. The van der Waals surface area contributed by atoms with Crippen LogP contribution in [0, 0.1) is 5.92 Å². The van der Waals surface area contributed by atoms with Crippen molar-refractivity contribution in [3.8, 4) is 5.75 Å². The molecule has 0 aliphatic carbocycles. The Morgan fingerprint density at radius 1 is 1.00 bits per heavy atom. The Hall–Kier alpha value is -2.14. The molecule has 2 rings (SSSR count). The Morgan fingerprint density at radius 2 is 1.61 bits per heavy atom. The van der Waals surface area contributed by atoms with Gasteiger partial charge in [0.2, 0.25) is 0 Å². The molecule has 0 amide bonds. The van der Waals surface area contributed by atoms with Gasteiger partial charge in [-0.25, -0.2) is 9.59 Å². The van der Waals surface area contributed by atoms with E-state index in [1.807, 2.05) is 13.8 Å². The molecule has 5 heteroatoms. The molecule has 0 bridgehead atoms. The zero-order valence-electron chi connectivity index (χ0n) is 12.9. The molecular formula is C18H17BrO4. The molecule has 0 radical (unpaired) electrons. The first kappa shape index (κ1) is 17.2. The summed E-state index contributed by atoms with van der Waals surface area (Å²) in [4.78, 5) is 24.1. The lowest BCUT2D eigenvalue weighted by Crippen LogP contribution is -2.13. The van der Waals surface area contributed by atoms with E-state index in [9.17, 15) is 9.59 Å². The van der Waals surface area contributed by atoms with Gasteiger partial charge in [0.15, 0.2) is 0 Å². The van der Waals surface area contributed by atoms with E-state index in [0.29, 0.717) is 23.5 Å².